The smallest absolute Gasteiger partial charge is 0.171 e. The molecule has 3 rings (SSSR count). The third kappa shape index (κ3) is 3.85. The van der Waals surface area contributed by atoms with E-state index >= 15 is 0 Å². The summed E-state index contributed by atoms with van der Waals surface area (Å²) >= 11 is 0. The molecule has 0 bridgehead atoms. The lowest BCUT2D eigenvalue weighted by Gasteiger charge is -2.34. The summed E-state index contributed by atoms with van der Waals surface area (Å²) < 4.78 is 39.5. The Morgan fingerprint density at radius 2 is 0.880 bits per heavy atom. The fourth-order valence-electron chi connectivity index (χ4n) is 3.43. The zero-order valence-corrected chi connectivity index (χ0v) is 14.7. The normalized spacial score (nSPS) is 12.1. The SMILES string of the molecule is FC(F)(F)CC[Si](c1ccccc1)(c1ccccc1)c1ccccc1. The molecule has 0 radical (unpaired) electrons. The van der Waals surface area contributed by atoms with Gasteiger partial charge >= 0.3 is 6.18 Å². The second-order valence-corrected chi connectivity index (χ2v) is 10.2. The van der Waals surface area contributed by atoms with E-state index in [1.165, 1.54) is 0 Å². The van der Waals surface area contributed by atoms with E-state index in [1.54, 1.807) is 0 Å². The number of hydrogen-bond acceptors (Lipinski definition) is 0. The third-order valence-corrected chi connectivity index (χ3v) is 9.54. The summed E-state index contributed by atoms with van der Waals surface area (Å²) in [5.41, 5.74) is 0. The standard InChI is InChI=1S/C21H19F3Si/c22-21(23,24)16-17-25(18-10-4-1-5-11-18,19-12-6-2-7-13-19)20-14-8-3-9-15-20/h1-15H,16-17H2. The average Bonchev–Trinajstić information content (AvgIpc) is 2.64. The quantitative estimate of drug-likeness (QED) is 0.477. The fourth-order valence-corrected chi connectivity index (χ4v) is 8.24. The van der Waals surface area contributed by atoms with Crippen LogP contribution in [0.5, 0.6) is 0 Å². The highest BCUT2D eigenvalue weighted by Gasteiger charge is 2.42. The molecule has 3 aromatic carbocycles. The van der Waals surface area contributed by atoms with E-state index in [0.717, 1.165) is 15.6 Å². The highest BCUT2D eigenvalue weighted by Crippen LogP contribution is 2.26. The van der Waals surface area contributed by atoms with Crippen molar-refractivity contribution in [1.82, 2.24) is 0 Å². The highest BCUT2D eigenvalue weighted by molar-refractivity contribution is 7.11. The van der Waals surface area contributed by atoms with Gasteiger partial charge in [0.15, 0.2) is 0 Å². The van der Waals surface area contributed by atoms with Crippen LogP contribution in [0.4, 0.5) is 13.2 Å². The van der Waals surface area contributed by atoms with E-state index in [4.69, 9.17) is 0 Å². The van der Waals surface area contributed by atoms with Crippen molar-refractivity contribution in [3.05, 3.63) is 91.0 Å². The van der Waals surface area contributed by atoms with E-state index in [-0.39, 0.29) is 6.04 Å². The van der Waals surface area contributed by atoms with Gasteiger partial charge in [0.05, 0.1) is 0 Å². The minimum Gasteiger partial charge on any atom is -0.171 e. The molecule has 0 amide bonds. The van der Waals surface area contributed by atoms with Gasteiger partial charge in [-0.15, -0.1) is 0 Å². The first-order chi connectivity index (χ1) is 12.0. The summed E-state index contributed by atoms with van der Waals surface area (Å²) in [5.74, 6) is 0. The summed E-state index contributed by atoms with van der Waals surface area (Å²) in [7, 11) is -2.75. The molecule has 25 heavy (non-hydrogen) atoms. The Kier molecular flexibility index (Phi) is 5.09. The van der Waals surface area contributed by atoms with Crippen molar-refractivity contribution in [2.75, 3.05) is 0 Å². The number of hydrogen-bond donors (Lipinski definition) is 0. The van der Waals surface area contributed by atoms with Gasteiger partial charge in [-0.3, -0.25) is 0 Å². The molecular formula is C21H19F3Si. The Balaban J connectivity index is 2.24. The second kappa shape index (κ2) is 7.27. The summed E-state index contributed by atoms with van der Waals surface area (Å²) in [5, 5.41) is 3.03. The summed E-state index contributed by atoms with van der Waals surface area (Å²) in [4.78, 5) is 0. The molecule has 0 saturated heterocycles. The number of alkyl halides is 3. The molecule has 0 fully saturated rings. The second-order valence-electron chi connectivity index (χ2n) is 6.12. The highest BCUT2D eigenvalue weighted by atomic mass is 28.3. The van der Waals surface area contributed by atoms with Crippen molar-refractivity contribution >= 4 is 23.6 Å². The van der Waals surface area contributed by atoms with Crippen LogP contribution in [0.3, 0.4) is 0 Å². The van der Waals surface area contributed by atoms with Gasteiger partial charge in [-0.05, 0) is 21.6 Å². The Bertz CT molecular complexity index is 687. The first kappa shape index (κ1) is 17.5. The summed E-state index contributed by atoms with van der Waals surface area (Å²) in [6, 6.07) is 29.1. The van der Waals surface area contributed by atoms with Gasteiger partial charge in [-0.2, -0.15) is 13.2 Å². The van der Waals surface area contributed by atoms with Crippen LogP contribution in [0.2, 0.25) is 6.04 Å². The largest absolute Gasteiger partial charge is 0.388 e. The van der Waals surface area contributed by atoms with Crippen LogP contribution in [0.1, 0.15) is 6.42 Å². The maximum atomic E-state index is 13.2. The van der Waals surface area contributed by atoms with E-state index in [0.29, 0.717) is 0 Å². The molecule has 128 valence electrons. The van der Waals surface area contributed by atoms with Crippen molar-refractivity contribution in [2.24, 2.45) is 0 Å². The lowest BCUT2D eigenvalue weighted by atomic mass is 10.3. The van der Waals surface area contributed by atoms with Crippen molar-refractivity contribution in [2.45, 2.75) is 18.6 Å². The van der Waals surface area contributed by atoms with Gasteiger partial charge in [0, 0.05) is 6.42 Å². The number of rotatable bonds is 5. The van der Waals surface area contributed by atoms with Crippen LogP contribution in [-0.4, -0.2) is 14.3 Å². The number of benzene rings is 3. The zero-order chi connectivity index (χ0) is 17.8. The van der Waals surface area contributed by atoms with Crippen LogP contribution < -0.4 is 15.6 Å². The average molecular weight is 356 g/mol. The monoisotopic (exact) mass is 356 g/mol. The Labute approximate surface area is 147 Å². The van der Waals surface area contributed by atoms with Crippen LogP contribution in [0.25, 0.3) is 0 Å². The third-order valence-electron chi connectivity index (χ3n) is 4.58. The maximum absolute atomic E-state index is 13.2. The molecule has 0 atom stereocenters. The molecule has 0 aliphatic heterocycles. The van der Waals surface area contributed by atoms with Gasteiger partial charge in [0.25, 0.3) is 0 Å². The van der Waals surface area contributed by atoms with E-state index in [9.17, 15) is 13.2 Å². The Morgan fingerprint density at radius 3 is 1.16 bits per heavy atom. The summed E-state index contributed by atoms with van der Waals surface area (Å²) in [6.45, 7) is 0. The maximum Gasteiger partial charge on any atom is 0.388 e. The zero-order valence-electron chi connectivity index (χ0n) is 13.7. The molecule has 0 aliphatic rings. The van der Waals surface area contributed by atoms with Gasteiger partial charge in [-0.1, -0.05) is 91.0 Å². The molecule has 0 nitrogen and oxygen atoms in total. The van der Waals surface area contributed by atoms with Gasteiger partial charge in [0.2, 0.25) is 0 Å². The molecule has 0 spiro atoms. The first-order valence-corrected chi connectivity index (χ1v) is 10.5. The van der Waals surface area contributed by atoms with E-state index in [1.807, 2.05) is 91.0 Å². The molecule has 0 aromatic heterocycles. The van der Waals surface area contributed by atoms with Crippen molar-refractivity contribution in [1.29, 1.82) is 0 Å². The molecule has 4 heteroatoms. The molecular weight excluding hydrogens is 337 g/mol. The van der Waals surface area contributed by atoms with Gasteiger partial charge in [0.1, 0.15) is 8.07 Å². The van der Waals surface area contributed by atoms with E-state index in [2.05, 4.69) is 0 Å². The molecule has 0 heterocycles. The molecule has 0 N–H and O–H groups in total. The van der Waals surface area contributed by atoms with Crippen molar-refractivity contribution < 1.29 is 13.2 Å². The Morgan fingerprint density at radius 1 is 0.560 bits per heavy atom. The fraction of sp³-hybridized carbons (Fsp3) is 0.143. The summed E-state index contributed by atoms with van der Waals surface area (Å²) in [6.07, 6.45) is -4.95. The van der Waals surface area contributed by atoms with Gasteiger partial charge in [-0.25, -0.2) is 0 Å². The minimum atomic E-state index is -4.17. The minimum absolute atomic E-state index is 0.106. The van der Waals surface area contributed by atoms with Crippen LogP contribution in [0, 0.1) is 0 Å². The molecule has 0 unspecified atom stereocenters. The van der Waals surface area contributed by atoms with Crippen LogP contribution in [-0.2, 0) is 0 Å². The molecule has 0 aliphatic carbocycles. The lowest BCUT2D eigenvalue weighted by Crippen LogP contribution is -2.67. The van der Waals surface area contributed by atoms with Crippen molar-refractivity contribution in [3.8, 4) is 0 Å². The van der Waals surface area contributed by atoms with Crippen LogP contribution in [0.15, 0.2) is 91.0 Å². The molecule has 3 aromatic rings. The topological polar surface area (TPSA) is 0 Å². The predicted molar refractivity (Wildman–Crippen MR) is 99.5 cm³/mol. The lowest BCUT2D eigenvalue weighted by molar-refractivity contribution is -0.130. The predicted octanol–water partition coefficient (Wildman–Crippen LogP) is 4.11. The van der Waals surface area contributed by atoms with Gasteiger partial charge < -0.3 is 0 Å². The molecule has 0 saturated carbocycles. The van der Waals surface area contributed by atoms with E-state index < -0.39 is 20.7 Å². The van der Waals surface area contributed by atoms with Crippen molar-refractivity contribution in [3.63, 3.8) is 0 Å². The number of halogens is 3. The van der Waals surface area contributed by atoms with Crippen LogP contribution >= 0.6 is 0 Å². The first-order valence-electron chi connectivity index (χ1n) is 8.26. The Hall–Kier alpha value is -2.33.